The zero-order valence-electron chi connectivity index (χ0n) is 7.91. The normalized spacial score (nSPS) is 12.9. The minimum Gasteiger partial charge on any atom is -0.507 e. The first-order valence-corrected chi connectivity index (χ1v) is 4.22. The third kappa shape index (κ3) is 1.99. The fourth-order valence-electron chi connectivity index (χ4n) is 1.31. The molecule has 0 aromatic heterocycles. The van der Waals surface area contributed by atoms with Crippen molar-refractivity contribution in [2.45, 2.75) is 19.9 Å². The molecule has 1 aromatic rings. The van der Waals surface area contributed by atoms with Crippen molar-refractivity contribution in [3.63, 3.8) is 0 Å². The van der Waals surface area contributed by atoms with E-state index in [2.05, 4.69) is 0 Å². The smallest absolute Gasteiger partial charge is 0.121 e. The zero-order valence-corrected chi connectivity index (χ0v) is 7.91. The summed E-state index contributed by atoms with van der Waals surface area (Å²) < 4.78 is 0. The van der Waals surface area contributed by atoms with Crippen LogP contribution < -0.4 is 5.73 Å². The van der Waals surface area contributed by atoms with Gasteiger partial charge in [0.2, 0.25) is 0 Å². The average molecular weight is 181 g/mol. The Hall–Kier alpha value is -1.06. The van der Waals surface area contributed by atoms with Crippen molar-refractivity contribution < 1.29 is 10.2 Å². The van der Waals surface area contributed by atoms with Crippen LogP contribution in [0.25, 0.3) is 0 Å². The fraction of sp³-hybridized carbons (Fsp3) is 0.400. The van der Waals surface area contributed by atoms with E-state index < -0.39 is 0 Å². The van der Waals surface area contributed by atoms with Crippen molar-refractivity contribution in [2.75, 3.05) is 6.61 Å². The summed E-state index contributed by atoms with van der Waals surface area (Å²) in [6.45, 7) is 3.55. The quantitative estimate of drug-likeness (QED) is 0.637. The average Bonchev–Trinajstić information content (AvgIpc) is 2.12. The number of aryl methyl sites for hydroxylation is 2. The molecule has 0 amide bonds. The van der Waals surface area contributed by atoms with E-state index in [4.69, 9.17) is 10.8 Å². The first-order chi connectivity index (χ1) is 6.06. The molecule has 0 aliphatic heterocycles. The summed E-state index contributed by atoms with van der Waals surface area (Å²) in [7, 11) is 0. The lowest BCUT2D eigenvalue weighted by Gasteiger charge is -2.12. The Labute approximate surface area is 77.8 Å². The molecule has 0 spiro atoms. The highest BCUT2D eigenvalue weighted by Gasteiger charge is 2.08. The van der Waals surface area contributed by atoms with Gasteiger partial charge in [0.1, 0.15) is 5.75 Å². The Morgan fingerprint density at radius 2 is 1.77 bits per heavy atom. The molecule has 72 valence electrons. The van der Waals surface area contributed by atoms with Crippen molar-refractivity contribution in [3.8, 4) is 5.75 Å². The molecule has 1 rings (SSSR count). The SMILES string of the molecule is Cc1cc([C@@H](N)CO)cc(C)c1O. The summed E-state index contributed by atoms with van der Waals surface area (Å²) >= 11 is 0. The third-order valence-electron chi connectivity index (χ3n) is 2.14. The van der Waals surface area contributed by atoms with Crippen molar-refractivity contribution >= 4 is 0 Å². The molecule has 0 unspecified atom stereocenters. The number of phenols is 1. The van der Waals surface area contributed by atoms with E-state index in [1.807, 2.05) is 13.8 Å². The second-order valence-electron chi connectivity index (χ2n) is 3.29. The molecule has 1 aromatic carbocycles. The van der Waals surface area contributed by atoms with Gasteiger partial charge in [0.15, 0.2) is 0 Å². The van der Waals surface area contributed by atoms with Crippen molar-refractivity contribution in [3.05, 3.63) is 28.8 Å². The molecule has 0 saturated carbocycles. The van der Waals surface area contributed by atoms with E-state index in [1.54, 1.807) is 12.1 Å². The van der Waals surface area contributed by atoms with Gasteiger partial charge in [-0.25, -0.2) is 0 Å². The van der Waals surface area contributed by atoms with E-state index in [1.165, 1.54) is 0 Å². The molecule has 1 atom stereocenters. The van der Waals surface area contributed by atoms with E-state index in [-0.39, 0.29) is 12.6 Å². The molecule has 0 heterocycles. The van der Waals surface area contributed by atoms with Crippen LogP contribution in [0, 0.1) is 13.8 Å². The zero-order chi connectivity index (χ0) is 10.0. The predicted molar refractivity (Wildman–Crippen MR) is 51.6 cm³/mol. The molecule has 0 radical (unpaired) electrons. The topological polar surface area (TPSA) is 66.5 Å². The van der Waals surface area contributed by atoms with Crippen LogP contribution in [0.15, 0.2) is 12.1 Å². The fourth-order valence-corrected chi connectivity index (χ4v) is 1.31. The van der Waals surface area contributed by atoms with Gasteiger partial charge in [-0.15, -0.1) is 0 Å². The van der Waals surface area contributed by atoms with Crippen LogP contribution >= 0.6 is 0 Å². The van der Waals surface area contributed by atoms with Crippen molar-refractivity contribution in [1.82, 2.24) is 0 Å². The molecular weight excluding hydrogens is 166 g/mol. The molecule has 3 heteroatoms. The maximum absolute atomic E-state index is 9.48. The van der Waals surface area contributed by atoms with Crippen LogP contribution in [0.2, 0.25) is 0 Å². The summed E-state index contributed by atoms with van der Waals surface area (Å²) in [6, 6.07) is 3.23. The standard InChI is InChI=1S/C10H15NO2/c1-6-3-8(9(11)5-12)4-7(2)10(6)13/h3-4,9,12-13H,5,11H2,1-2H3/t9-/m0/s1. The van der Waals surface area contributed by atoms with Crippen LogP contribution in [0.3, 0.4) is 0 Å². The van der Waals surface area contributed by atoms with E-state index >= 15 is 0 Å². The lowest BCUT2D eigenvalue weighted by Crippen LogP contribution is -2.14. The first kappa shape index (κ1) is 10.0. The van der Waals surface area contributed by atoms with Gasteiger partial charge in [-0.1, -0.05) is 12.1 Å². The maximum Gasteiger partial charge on any atom is 0.121 e. The van der Waals surface area contributed by atoms with Crippen LogP contribution in [0.5, 0.6) is 5.75 Å². The number of aromatic hydroxyl groups is 1. The van der Waals surface area contributed by atoms with Gasteiger partial charge < -0.3 is 15.9 Å². The number of aliphatic hydroxyl groups excluding tert-OH is 1. The van der Waals surface area contributed by atoms with Crippen molar-refractivity contribution in [1.29, 1.82) is 0 Å². The number of nitrogens with two attached hydrogens (primary N) is 1. The monoisotopic (exact) mass is 181 g/mol. The highest BCUT2D eigenvalue weighted by Crippen LogP contribution is 2.25. The molecule has 13 heavy (non-hydrogen) atoms. The van der Waals surface area contributed by atoms with E-state index in [0.29, 0.717) is 5.75 Å². The minimum atomic E-state index is -0.363. The summed E-state index contributed by atoms with van der Waals surface area (Å²) in [6.07, 6.45) is 0. The lowest BCUT2D eigenvalue weighted by atomic mass is 10.0. The van der Waals surface area contributed by atoms with Gasteiger partial charge in [0.05, 0.1) is 12.6 Å². The first-order valence-electron chi connectivity index (χ1n) is 4.22. The summed E-state index contributed by atoms with van der Waals surface area (Å²) in [5.74, 6) is 0.300. The Morgan fingerprint density at radius 1 is 1.31 bits per heavy atom. The highest BCUT2D eigenvalue weighted by molar-refractivity contribution is 5.43. The Bertz CT molecular complexity index is 287. The second kappa shape index (κ2) is 3.77. The number of hydrogen-bond donors (Lipinski definition) is 3. The van der Waals surface area contributed by atoms with Gasteiger partial charge in [0.25, 0.3) is 0 Å². The van der Waals surface area contributed by atoms with E-state index in [0.717, 1.165) is 16.7 Å². The molecule has 0 aliphatic rings. The number of aliphatic hydroxyl groups is 1. The number of hydrogen-bond acceptors (Lipinski definition) is 3. The Balaban J connectivity index is 3.13. The molecule has 0 aliphatic carbocycles. The highest BCUT2D eigenvalue weighted by atomic mass is 16.3. The molecule has 0 bridgehead atoms. The lowest BCUT2D eigenvalue weighted by molar-refractivity contribution is 0.268. The number of benzene rings is 1. The van der Waals surface area contributed by atoms with Gasteiger partial charge >= 0.3 is 0 Å². The van der Waals surface area contributed by atoms with Gasteiger partial charge in [0, 0.05) is 0 Å². The molecule has 3 nitrogen and oxygen atoms in total. The molecule has 4 N–H and O–H groups in total. The van der Waals surface area contributed by atoms with Crippen LogP contribution in [0.1, 0.15) is 22.7 Å². The summed E-state index contributed by atoms with van der Waals surface area (Å²) in [5, 5.41) is 18.3. The third-order valence-corrected chi connectivity index (χ3v) is 2.14. The van der Waals surface area contributed by atoms with Gasteiger partial charge in [-0.3, -0.25) is 0 Å². The summed E-state index contributed by atoms with van der Waals surface area (Å²) in [5.41, 5.74) is 8.09. The molecule has 0 fully saturated rings. The van der Waals surface area contributed by atoms with Crippen molar-refractivity contribution in [2.24, 2.45) is 5.73 Å². The number of rotatable bonds is 2. The summed E-state index contributed by atoms with van der Waals surface area (Å²) in [4.78, 5) is 0. The molecular formula is C10H15NO2. The largest absolute Gasteiger partial charge is 0.507 e. The Kier molecular flexibility index (Phi) is 2.90. The second-order valence-corrected chi connectivity index (χ2v) is 3.29. The van der Waals surface area contributed by atoms with E-state index in [9.17, 15) is 5.11 Å². The Morgan fingerprint density at radius 3 is 2.15 bits per heavy atom. The number of phenolic OH excluding ortho intramolecular Hbond substituents is 1. The maximum atomic E-state index is 9.48. The van der Waals surface area contributed by atoms with Crippen LogP contribution in [-0.4, -0.2) is 16.8 Å². The van der Waals surface area contributed by atoms with Gasteiger partial charge in [-0.05, 0) is 30.5 Å². The molecule has 0 saturated heterocycles. The minimum absolute atomic E-state index is 0.0797. The van der Waals surface area contributed by atoms with Crippen LogP contribution in [-0.2, 0) is 0 Å². The predicted octanol–water partition coefficient (Wildman–Crippen LogP) is 1.00. The van der Waals surface area contributed by atoms with Crippen LogP contribution in [0.4, 0.5) is 0 Å². The van der Waals surface area contributed by atoms with Gasteiger partial charge in [-0.2, -0.15) is 0 Å².